The fraction of sp³-hybridized carbons (Fsp3) is 0.300. The first kappa shape index (κ1) is 18.9. The van der Waals surface area contributed by atoms with Crippen molar-refractivity contribution < 1.29 is 13.2 Å². The zero-order valence-corrected chi connectivity index (χ0v) is 17.1. The normalized spacial score (nSPS) is 18.2. The highest BCUT2D eigenvalue weighted by Crippen LogP contribution is 2.32. The molecule has 8 heteroatoms. The van der Waals surface area contributed by atoms with Crippen molar-refractivity contribution in [3.8, 4) is 10.6 Å². The van der Waals surface area contributed by atoms with Crippen LogP contribution in [-0.4, -0.2) is 47.6 Å². The van der Waals surface area contributed by atoms with Gasteiger partial charge in [-0.3, -0.25) is 9.48 Å². The molecule has 0 radical (unpaired) electrons. The molecule has 1 fully saturated rings. The molecule has 1 aliphatic rings. The van der Waals surface area contributed by atoms with Crippen LogP contribution in [0.2, 0.25) is 0 Å². The van der Waals surface area contributed by atoms with E-state index in [1.54, 1.807) is 34.0 Å². The highest BCUT2D eigenvalue weighted by atomic mass is 32.2. The van der Waals surface area contributed by atoms with Gasteiger partial charge in [0, 0.05) is 13.6 Å². The highest BCUT2D eigenvalue weighted by molar-refractivity contribution is 7.91. The molecule has 4 rings (SSSR count). The number of sulfone groups is 1. The van der Waals surface area contributed by atoms with Gasteiger partial charge in [0.1, 0.15) is 0 Å². The van der Waals surface area contributed by atoms with E-state index in [9.17, 15) is 13.2 Å². The van der Waals surface area contributed by atoms with E-state index < -0.39 is 9.84 Å². The van der Waals surface area contributed by atoms with Crippen molar-refractivity contribution in [2.24, 2.45) is 0 Å². The molecule has 1 aromatic carbocycles. The lowest BCUT2D eigenvalue weighted by Gasteiger charge is -2.16. The first-order chi connectivity index (χ1) is 13.4. The molecule has 146 valence electrons. The summed E-state index contributed by atoms with van der Waals surface area (Å²) in [6.07, 6.45) is 0.524. The summed E-state index contributed by atoms with van der Waals surface area (Å²) in [6.45, 7) is 0.485. The third kappa shape index (κ3) is 3.88. The van der Waals surface area contributed by atoms with Crippen molar-refractivity contribution in [2.75, 3.05) is 18.6 Å². The molecule has 0 spiro atoms. The van der Waals surface area contributed by atoms with Crippen LogP contribution in [-0.2, 0) is 16.4 Å². The van der Waals surface area contributed by atoms with E-state index in [-0.39, 0.29) is 23.5 Å². The van der Waals surface area contributed by atoms with Gasteiger partial charge >= 0.3 is 0 Å². The van der Waals surface area contributed by atoms with Gasteiger partial charge in [0.25, 0.3) is 5.91 Å². The molecule has 0 N–H and O–H groups in total. The summed E-state index contributed by atoms with van der Waals surface area (Å²) in [5.41, 5.74) is 2.18. The van der Waals surface area contributed by atoms with E-state index in [0.29, 0.717) is 18.7 Å². The molecule has 0 aliphatic carbocycles. The van der Waals surface area contributed by atoms with Crippen molar-refractivity contribution in [3.05, 3.63) is 65.2 Å². The van der Waals surface area contributed by atoms with Crippen LogP contribution < -0.4 is 0 Å². The highest BCUT2D eigenvalue weighted by Gasteiger charge is 2.32. The lowest BCUT2D eigenvalue weighted by molar-refractivity contribution is 0.0778. The van der Waals surface area contributed by atoms with E-state index in [0.717, 1.165) is 16.1 Å². The number of aromatic nitrogens is 2. The summed E-state index contributed by atoms with van der Waals surface area (Å²) in [5, 5.41) is 6.50. The molecular formula is C20H21N3O3S2. The Morgan fingerprint density at radius 1 is 1.25 bits per heavy atom. The molecule has 1 atom stereocenters. The lowest BCUT2D eigenvalue weighted by Crippen LogP contribution is -2.27. The number of benzene rings is 1. The predicted molar refractivity (Wildman–Crippen MR) is 110 cm³/mol. The van der Waals surface area contributed by atoms with Gasteiger partial charge in [0.15, 0.2) is 15.5 Å². The van der Waals surface area contributed by atoms with Gasteiger partial charge in [0.05, 0.1) is 28.1 Å². The number of carbonyl (C=O) groups is 1. The van der Waals surface area contributed by atoms with E-state index in [2.05, 4.69) is 5.10 Å². The number of thiophene rings is 1. The average molecular weight is 416 g/mol. The molecule has 0 saturated carbocycles. The second-order valence-electron chi connectivity index (χ2n) is 7.04. The fourth-order valence-corrected chi connectivity index (χ4v) is 5.90. The largest absolute Gasteiger partial charge is 0.336 e. The van der Waals surface area contributed by atoms with E-state index in [1.165, 1.54) is 0 Å². The Bertz CT molecular complexity index is 1070. The molecular weight excluding hydrogens is 394 g/mol. The Morgan fingerprint density at radius 2 is 2.04 bits per heavy atom. The van der Waals surface area contributed by atoms with Crippen LogP contribution in [0.5, 0.6) is 0 Å². The van der Waals surface area contributed by atoms with Crippen LogP contribution in [0.25, 0.3) is 10.6 Å². The number of rotatable bonds is 5. The maximum Gasteiger partial charge on any atom is 0.274 e. The zero-order valence-electron chi connectivity index (χ0n) is 15.5. The number of hydrogen-bond acceptors (Lipinski definition) is 5. The molecule has 1 saturated heterocycles. The Labute approximate surface area is 168 Å². The minimum Gasteiger partial charge on any atom is -0.336 e. The van der Waals surface area contributed by atoms with E-state index in [1.807, 2.05) is 47.8 Å². The Balaban J connectivity index is 1.64. The number of amides is 1. The second kappa shape index (κ2) is 7.52. The fourth-order valence-electron chi connectivity index (χ4n) is 3.48. The van der Waals surface area contributed by atoms with Crippen molar-refractivity contribution in [3.63, 3.8) is 0 Å². The molecule has 1 aliphatic heterocycles. The molecule has 0 unspecified atom stereocenters. The van der Waals surface area contributed by atoms with Crippen LogP contribution in [0.4, 0.5) is 0 Å². The third-order valence-corrected chi connectivity index (χ3v) is 7.53. The van der Waals surface area contributed by atoms with Crippen molar-refractivity contribution in [1.29, 1.82) is 0 Å². The molecule has 2 aromatic heterocycles. The first-order valence-electron chi connectivity index (χ1n) is 9.06. The lowest BCUT2D eigenvalue weighted by atomic mass is 10.2. The summed E-state index contributed by atoms with van der Waals surface area (Å²) in [4.78, 5) is 15.6. The first-order valence-corrected chi connectivity index (χ1v) is 11.8. The van der Waals surface area contributed by atoms with Gasteiger partial charge in [-0.1, -0.05) is 36.4 Å². The third-order valence-electron chi connectivity index (χ3n) is 4.89. The van der Waals surface area contributed by atoms with Crippen LogP contribution in [0.1, 0.15) is 28.5 Å². The predicted octanol–water partition coefficient (Wildman–Crippen LogP) is 3.24. The summed E-state index contributed by atoms with van der Waals surface area (Å²) >= 11 is 1.55. The minimum atomic E-state index is -3.05. The van der Waals surface area contributed by atoms with Crippen LogP contribution >= 0.6 is 11.3 Å². The monoisotopic (exact) mass is 415 g/mol. The van der Waals surface area contributed by atoms with Gasteiger partial charge in [0.2, 0.25) is 0 Å². The topological polar surface area (TPSA) is 72.3 Å². The molecule has 1 amide bonds. The quantitative estimate of drug-likeness (QED) is 0.641. The van der Waals surface area contributed by atoms with Crippen LogP contribution in [0.3, 0.4) is 0 Å². The number of hydrogen-bond donors (Lipinski definition) is 0. The van der Waals surface area contributed by atoms with Gasteiger partial charge in [-0.15, -0.1) is 11.3 Å². The standard InChI is InChI=1S/C20H21N3O3S2/c1-22(13-15-6-3-2-4-7-15)20(24)17-12-18(19-8-5-10-27-19)23(21-17)16-9-11-28(25,26)14-16/h2-8,10,12,16H,9,11,13-14H2,1H3/t16-/m0/s1. The summed E-state index contributed by atoms with van der Waals surface area (Å²) in [5.74, 6) is 0.0559. The second-order valence-corrected chi connectivity index (χ2v) is 10.2. The van der Waals surface area contributed by atoms with Crippen molar-refractivity contribution >= 4 is 27.1 Å². The number of carbonyl (C=O) groups excluding carboxylic acids is 1. The molecule has 3 aromatic rings. The van der Waals surface area contributed by atoms with E-state index in [4.69, 9.17) is 0 Å². The molecule has 0 bridgehead atoms. The molecule has 3 heterocycles. The maximum absolute atomic E-state index is 13.0. The van der Waals surface area contributed by atoms with Gasteiger partial charge < -0.3 is 4.90 Å². The van der Waals surface area contributed by atoms with Gasteiger partial charge in [-0.05, 0) is 29.5 Å². The van der Waals surface area contributed by atoms with Crippen LogP contribution in [0, 0.1) is 0 Å². The van der Waals surface area contributed by atoms with Crippen LogP contribution in [0.15, 0.2) is 53.9 Å². The average Bonchev–Trinajstić information content (AvgIpc) is 3.40. The molecule has 6 nitrogen and oxygen atoms in total. The smallest absolute Gasteiger partial charge is 0.274 e. The van der Waals surface area contributed by atoms with Crippen molar-refractivity contribution in [2.45, 2.75) is 19.0 Å². The SMILES string of the molecule is CN(Cc1ccccc1)C(=O)c1cc(-c2cccs2)n([C@H]2CCS(=O)(=O)C2)n1. The van der Waals surface area contributed by atoms with Gasteiger partial charge in [-0.2, -0.15) is 5.10 Å². The summed E-state index contributed by atoms with van der Waals surface area (Å²) in [6, 6.07) is 15.2. The maximum atomic E-state index is 13.0. The number of nitrogens with zero attached hydrogens (tertiary/aromatic N) is 3. The zero-order chi connectivity index (χ0) is 19.7. The Kier molecular flexibility index (Phi) is 5.07. The summed E-state index contributed by atoms with van der Waals surface area (Å²) in [7, 11) is -1.30. The van der Waals surface area contributed by atoms with E-state index >= 15 is 0 Å². The molecule has 28 heavy (non-hydrogen) atoms. The van der Waals surface area contributed by atoms with Crippen molar-refractivity contribution in [1.82, 2.24) is 14.7 Å². The minimum absolute atomic E-state index is 0.0700. The van der Waals surface area contributed by atoms with Gasteiger partial charge in [-0.25, -0.2) is 8.42 Å². The Hall–Kier alpha value is -2.45. The summed E-state index contributed by atoms with van der Waals surface area (Å²) < 4.78 is 25.6. The Morgan fingerprint density at radius 3 is 2.68 bits per heavy atom.